The lowest BCUT2D eigenvalue weighted by atomic mass is 9.91. The Morgan fingerprint density at radius 3 is 2.50 bits per heavy atom. The maximum absolute atomic E-state index is 13.8. The Labute approximate surface area is 124 Å². The van der Waals surface area contributed by atoms with Crippen LogP contribution in [0.25, 0.3) is 0 Å². The minimum absolute atomic E-state index is 0.144. The number of rotatable bonds is 4. The van der Waals surface area contributed by atoms with Crippen LogP contribution in [0.1, 0.15) is 17.0 Å². The molecular formula is C15H14BrF2NO. The van der Waals surface area contributed by atoms with Crippen LogP contribution in [0.2, 0.25) is 0 Å². The summed E-state index contributed by atoms with van der Waals surface area (Å²) in [5.41, 5.74) is 7.02. The van der Waals surface area contributed by atoms with E-state index in [1.54, 1.807) is 18.2 Å². The number of hydrogen-bond donors (Lipinski definition) is 2. The first-order valence-corrected chi connectivity index (χ1v) is 6.93. The van der Waals surface area contributed by atoms with E-state index < -0.39 is 11.6 Å². The predicted octanol–water partition coefficient (Wildman–Crippen LogP) is 3.72. The van der Waals surface area contributed by atoms with Gasteiger partial charge < -0.3 is 10.8 Å². The average Bonchev–Trinajstić information content (AvgIpc) is 2.41. The molecule has 20 heavy (non-hydrogen) atoms. The molecular weight excluding hydrogens is 328 g/mol. The quantitative estimate of drug-likeness (QED) is 0.890. The second-order valence-corrected chi connectivity index (χ2v) is 5.44. The van der Waals surface area contributed by atoms with Crippen LogP contribution in [0.4, 0.5) is 8.78 Å². The van der Waals surface area contributed by atoms with Crippen molar-refractivity contribution in [1.82, 2.24) is 0 Å². The van der Waals surface area contributed by atoms with E-state index in [-0.39, 0.29) is 18.2 Å². The Morgan fingerprint density at radius 1 is 1.15 bits per heavy atom. The van der Waals surface area contributed by atoms with Crippen molar-refractivity contribution in [2.45, 2.75) is 12.3 Å². The summed E-state index contributed by atoms with van der Waals surface area (Å²) >= 11 is 3.23. The van der Waals surface area contributed by atoms with Gasteiger partial charge in [-0.2, -0.15) is 0 Å². The van der Waals surface area contributed by atoms with Gasteiger partial charge in [-0.15, -0.1) is 0 Å². The molecule has 0 aromatic heterocycles. The Hall–Kier alpha value is -1.46. The summed E-state index contributed by atoms with van der Waals surface area (Å²) < 4.78 is 27.3. The van der Waals surface area contributed by atoms with Crippen molar-refractivity contribution in [3.63, 3.8) is 0 Å². The second kappa shape index (κ2) is 6.33. The lowest BCUT2D eigenvalue weighted by Crippen LogP contribution is -2.16. The van der Waals surface area contributed by atoms with Gasteiger partial charge in [0.1, 0.15) is 17.4 Å². The average molecular weight is 342 g/mol. The molecule has 1 unspecified atom stereocenters. The second-order valence-electron chi connectivity index (χ2n) is 4.59. The summed E-state index contributed by atoms with van der Waals surface area (Å²) in [5.74, 6) is -1.29. The minimum atomic E-state index is -0.602. The molecule has 0 saturated carbocycles. The van der Waals surface area contributed by atoms with Crippen LogP contribution in [0.5, 0.6) is 5.75 Å². The third-order valence-electron chi connectivity index (χ3n) is 3.18. The van der Waals surface area contributed by atoms with E-state index >= 15 is 0 Å². The first-order valence-electron chi connectivity index (χ1n) is 6.13. The zero-order valence-electron chi connectivity index (χ0n) is 10.6. The highest BCUT2D eigenvalue weighted by Gasteiger charge is 2.16. The van der Waals surface area contributed by atoms with Gasteiger partial charge in [0.25, 0.3) is 0 Å². The van der Waals surface area contributed by atoms with Gasteiger partial charge in [-0.1, -0.05) is 12.1 Å². The van der Waals surface area contributed by atoms with Crippen molar-refractivity contribution in [2.24, 2.45) is 5.73 Å². The number of benzene rings is 2. The molecule has 0 amide bonds. The maximum Gasteiger partial charge on any atom is 0.129 e. The van der Waals surface area contributed by atoms with E-state index in [2.05, 4.69) is 15.9 Å². The third-order valence-corrected chi connectivity index (χ3v) is 3.82. The van der Waals surface area contributed by atoms with Gasteiger partial charge in [0.15, 0.2) is 0 Å². The SMILES string of the molecule is NCC(Cc1ccc(O)c(Br)c1)c1ccc(F)cc1F. The van der Waals surface area contributed by atoms with Gasteiger partial charge in [0, 0.05) is 12.0 Å². The summed E-state index contributed by atoms with van der Waals surface area (Å²) in [6.07, 6.45) is 0.512. The molecule has 3 N–H and O–H groups in total. The van der Waals surface area contributed by atoms with Crippen molar-refractivity contribution in [1.29, 1.82) is 0 Å². The largest absolute Gasteiger partial charge is 0.507 e. The van der Waals surface area contributed by atoms with Gasteiger partial charge in [0.05, 0.1) is 4.47 Å². The van der Waals surface area contributed by atoms with Gasteiger partial charge in [-0.25, -0.2) is 8.78 Å². The van der Waals surface area contributed by atoms with Crippen LogP contribution in [0, 0.1) is 11.6 Å². The van der Waals surface area contributed by atoms with Crippen LogP contribution < -0.4 is 5.73 Å². The van der Waals surface area contributed by atoms with E-state index in [0.29, 0.717) is 16.5 Å². The van der Waals surface area contributed by atoms with Crippen LogP contribution >= 0.6 is 15.9 Å². The molecule has 0 aliphatic rings. The summed E-state index contributed by atoms with van der Waals surface area (Å²) in [4.78, 5) is 0. The summed E-state index contributed by atoms with van der Waals surface area (Å²) in [6, 6.07) is 8.60. The number of halogens is 3. The summed E-state index contributed by atoms with van der Waals surface area (Å²) in [5, 5.41) is 9.45. The van der Waals surface area contributed by atoms with E-state index in [1.807, 2.05) is 0 Å². The fraction of sp³-hybridized carbons (Fsp3) is 0.200. The molecule has 0 bridgehead atoms. The molecule has 0 fully saturated rings. The van der Waals surface area contributed by atoms with Gasteiger partial charge in [-0.05, 0) is 58.2 Å². The van der Waals surface area contributed by atoms with Crippen LogP contribution in [0.3, 0.4) is 0 Å². The number of nitrogens with two attached hydrogens (primary N) is 1. The van der Waals surface area contributed by atoms with Gasteiger partial charge in [-0.3, -0.25) is 0 Å². The number of phenols is 1. The van der Waals surface area contributed by atoms with E-state index in [0.717, 1.165) is 11.6 Å². The fourth-order valence-corrected chi connectivity index (χ4v) is 2.54. The number of hydrogen-bond acceptors (Lipinski definition) is 2. The maximum atomic E-state index is 13.8. The molecule has 2 nitrogen and oxygen atoms in total. The molecule has 1 atom stereocenters. The Kier molecular flexibility index (Phi) is 4.73. The Bertz CT molecular complexity index is 619. The zero-order chi connectivity index (χ0) is 14.7. The van der Waals surface area contributed by atoms with Crippen LogP contribution in [0.15, 0.2) is 40.9 Å². The molecule has 0 spiro atoms. The minimum Gasteiger partial charge on any atom is -0.507 e. The van der Waals surface area contributed by atoms with E-state index in [9.17, 15) is 13.9 Å². The molecule has 5 heteroatoms. The summed E-state index contributed by atoms with van der Waals surface area (Å²) in [7, 11) is 0. The van der Waals surface area contributed by atoms with E-state index in [4.69, 9.17) is 5.73 Å². The zero-order valence-corrected chi connectivity index (χ0v) is 12.2. The van der Waals surface area contributed by atoms with Crippen molar-refractivity contribution in [3.05, 3.63) is 63.6 Å². The predicted molar refractivity (Wildman–Crippen MR) is 77.7 cm³/mol. The molecule has 0 radical (unpaired) electrons. The molecule has 2 rings (SSSR count). The Morgan fingerprint density at radius 2 is 1.90 bits per heavy atom. The standard InChI is InChI=1S/C15H14BrF2NO/c16-13-6-9(1-4-15(13)20)5-10(8-19)12-3-2-11(17)7-14(12)18/h1-4,6-7,10,20H,5,8,19H2. The lowest BCUT2D eigenvalue weighted by Gasteiger charge is -2.16. The molecule has 106 valence electrons. The smallest absolute Gasteiger partial charge is 0.129 e. The lowest BCUT2D eigenvalue weighted by molar-refractivity contribution is 0.471. The molecule has 0 heterocycles. The van der Waals surface area contributed by atoms with Crippen molar-refractivity contribution in [3.8, 4) is 5.75 Å². The van der Waals surface area contributed by atoms with Gasteiger partial charge >= 0.3 is 0 Å². The van der Waals surface area contributed by atoms with Crippen molar-refractivity contribution in [2.75, 3.05) is 6.54 Å². The Balaban J connectivity index is 2.26. The van der Waals surface area contributed by atoms with Crippen LogP contribution in [-0.2, 0) is 6.42 Å². The molecule has 0 aliphatic carbocycles. The molecule has 0 saturated heterocycles. The highest BCUT2D eigenvalue weighted by atomic mass is 79.9. The van der Waals surface area contributed by atoms with E-state index in [1.165, 1.54) is 12.1 Å². The van der Waals surface area contributed by atoms with Crippen molar-refractivity contribution < 1.29 is 13.9 Å². The highest BCUT2D eigenvalue weighted by Crippen LogP contribution is 2.28. The normalized spacial score (nSPS) is 12.4. The molecule has 0 aliphatic heterocycles. The summed E-state index contributed by atoms with van der Waals surface area (Å²) in [6.45, 7) is 0.251. The third kappa shape index (κ3) is 3.35. The number of phenolic OH excluding ortho intramolecular Hbond substituents is 1. The first-order chi connectivity index (χ1) is 9.51. The fourth-order valence-electron chi connectivity index (χ4n) is 2.11. The topological polar surface area (TPSA) is 46.2 Å². The van der Waals surface area contributed by atoms with Crippen LogP contribution in [-0.4, -0.2) is 11.7 Å². The van der Waals surface area contributed by atoms with Gasteiger partial charge in [0.2, 0.25) is 0 Å². The molecule has 2 aromatic rings. The monoisotopic (exact) mass is 341 g/mol. The highest BCUT2D eigenvalue weighted by molar-refractivity contribution is 9.10. The molecule has 2 aromatic carbocycles. The first kappa shape index (κ1) is 14.9. The van der Waals surface area contributed by atoms with Crippen molar-refractivity contribution >= 4 is 15.9 Å². The number of aromatic hydroxyl groups is 1.